The minimum atomic E-state index is -3.74. The van der Waals surface area contributed by atoms with Gasteiger partial charge in [-0.3, -0.25) is 4.79 Å². The van der Waals surface area contributed by atoms with Gasteiger partial charge in [0.15, 0.2) is 0 Å². The average molecular weight is 480 g/mol. The quantitative estimate of drug-likeness (QED) is 0.640. The lowest BCUT2D eigenvalue weighted by Crippen LogP contribution is -2.48. The summed E-state index contributed by atoms with van der Waals surface area (Å²) in [6, 6.07) is 13.1. The number of rotatable bonds is 5. The highest BCUT2D eigenvalue weighted by atomic mass is 32.2. The van der Waals surface area contributed by atoms with E-state index < -0.39 is 31.9 Å². The molecule has 0 N–H and O–H groups in total. The summed E-state index contributed by atoms with van der Waals surface area (Å²) in [4.78, 5) is 14.4. The van der Waals surface area contributed by atoms with Gasteiger partial charge in [-0.2, -0.15) is 4.31 Å². The Balaban J connectivity index is 1.46. The van der Waals surface area contributed by atoms with Crippen molar-refractivity contribution in [2.75, 3.05) is 48.2 Å². The first-order valence-corrected chi connectivity index (χ1v) is 13.2. The summed E-state index contributed by atoms with van der Waals surface area (Å²) in [5.41, 5.74) is 1.15. The molecule has 2 aliphatic rings. The van der Waals surface area contributed by atoms with E-state index in [0.717, 1.165) is 15.7 Å². The molecule has 1 amide bonds. The molecule has 2 aliphatic heterocycles. The standard InChI is InChI=1S/C21H25N3O6S2/c1-16-15-31(26,27)24(21(16)25)18-5-9-20(10-6-18)32(28,29)23-13-11-22(12-14-23)17-3-7-19(30-2)8-4-17/h3-10,16H,11-15H2,1-2H3. The summed E-state index contributed by atoms with van der Waals surface area (Å²) in [5, 5.41) is 0. The van der Waals surface area contributed by atoms with Crippen LogP contribution in [-0.2, 0) is 24.8 Å². The van der Waals surface area contributed by atoms with Crippen molar-refractivity contribution >= 4 is 37.3 Å². The lowest BCUT2D eigenvalue weighted by Gasteiger charge is -2.35. The van der Waals surface area contributed by atoms with Crippen LogP contribution in [0.3, 0.4) is 0 Å². The van der Waals surface area contributed by atoms with Gasteiger partial charge in [0.25, 0.3) is 0 Å². The summed E-state index contributed by atoms with van der Waals surface area (Å²) >= 11 is 0. The maximum absolute atomic E-state index is 13.1. The van der Waals surface area contributed by atoms with Crippen molar-refractivity contribution in [3.63, 3.8) is 0 Å². The Morgan fingerprint density at radius 3 is 1.97 bits per heavy atom. The molecule has 0 aromatic heterocycles. The molecule has 32 heavy (non-hydrogen) atoms. The maximum atomic E-state index is 13.1. The number of amides is 1. The van der Waals surface area contributed by atoms with Crippen LogP contribution in [0.25, 0.3) is 0 Å². The topological polar surface area (TPSA) is 104 Å². The third-order valence-corrected chi connectivity index (χ3v) is 9.53. The van der Waals surface area contributed by atoms with E-state index in [4.69, 9.17) is 4.74 Å². The van der Waals surface area contributed by atoms with E-state index in [2.05, 4.69) is 4.90 Å². The summed E-state index contributed by atoms with van der Waals surface area (Å²) in [5.74, 6) is -0.610. The molecule has 9 nitrogen and oxygen atoms in total. The van der Waals surface area contributed by atoms with Crippen molar-refractivity contribution in [2.24, 2.45) is 5.92 Å². The largest absolute Gasteiger partial charge is 0.497 e. The SMILES string of the molecule is COc1ccc(N2CCN(S(=O)(=O)c3ccc(N4C(=O)C(C)CS4(=O)=O)cc3)CC2)cc1. The molecular formula is C21H25N3O6S2. The Hall–Kier alpha value is -2.63. The summed E-state index contributed by atoms with van der Waals surface area (Å²) in [6.07, 6.45) is 0. The molecule has 2 aromatic carbocycles. The van der Waals surface area contributed by atoms with Gasteiger partial charge in [-0.25, -0.2) is 21.1 Å². The number of hydrogen-bond acceptors (Lipinski definition) is 7. The first kappa shape index (κ1) is 22.6. The molecule has 0 saturated carbocycles. The fraction of sp³-hybridized carbons (Fsp3) is 0.381. The van der Waals surface area contributed by atoms with E-state index >= 15 is 0 Å². The summed E-state index contributed by atoms with van der Waals surface area (Å²) < 4.78 is 58.0. The van der Waals surface area contributed by atoms with Gasteiger partial charge in [0.05, 0.1) is 29.4 Å². The highest BCUT2D eigenvalue weighted by Crippen LogP contribution is 2.30. The van der Waals surface area contributed by atoms with E-state index in [-0.39, 0.29) is 16.3 Å². The Morgan fingerprint density at radius 1 is 0.906 bits per heavy atom. The van der Waals surface area contributed by atoms with Gasteiger partial charge in [-0.1, -0.05) is 6.92 Å². The first-order chi connectivity index (χ1) is 15.1. The van der Waals surface area contributed by atoms with E-state index in [1.54, 1.807) is 14.0 Å². The van der Waals surface area contributed by atoms with E-state index in [1.165, 1.54) is 28.6 Å². The predicted molar refractivity (Wildman–Crippen MR) is 121 cm³/mol. The zero-order chi connectivity index (χ0) is 23.1. The molecule has 1 unspecified atom stereocenters. The molecule has 172 valence electrons. The second-order valence-electron chi connectivity index (χ2n) is 7.87. The smallest absolute Gasteiger partial charge is 0.244 e. The van der Waals surface area contributed by atoms with E-state index in [0.29, 0.717) is 26.2 Å². The fourth-order valence-electron chi connectivity index (χ4n) is 3.97. The third-order valence-electron chi connectivity index (χ3n) is 5.75. The second kappa shape index (κ2) is 8.38. The molecule has 0 bridgehead atoms. The number of methoxy groups -OCH3 is 1. The van der Waals surface area contributed by atoms with Gasteiger partial charge in [0.1, 0.15) is 5.75 Å². The average Bonchev–Trinajstić information content (AvgIpc) is 3.00. The summed E-state index contributed by atoms with van der Waals surface area (Å²) in [6.45, 7) is 3.30. The van der Waals surface area contributed by atoms with Crippen LogP contribution in [0, 0.1) is 5.92 Å². The molecule has 2 fully saturated rings. The van der Waals surface area contributed by atoms with Crippen molar-refractivity contribution in [2.45, 2.75) is 11.8 Å². The van der Waals surface area contributed by atoms with Crippen LogP contribution in [0.15, 0.2) is 53.4 Å². The maximum Gasteiger partial charge on any atom is 0.244 e. The molecule has 0 aliphatic carbocycles. The minimum Gasteiger partial charge on any atom is -0.497 e. The lowest BCUT2D eigenvalue weighted by molar-refractivity contribution is -0.119. The predicted octanol–water partition coefficient (Wildman–Crippen LogP) is 1.52. The molecule has 1 atom stereocenters. The fourth-order valence-corrected chi connectivity index (χ4v) is 7.21. The highest BCUT2D eigenvalue weighted by molar-refractivity contribution is 7.94. The Kier molecular flexibility index (Phi) is 5.91. The third kappa shape index (κ3) is 4.07. The van der Waals surface area contributed by atoms with E-state index in [9.17, 15) is 21.6 Å². The lowest BCUT2D eigenvalue weighted by atomic mass is 10.2. The van der Waals surface area contributed by atoms with Crippen LogP contribution in [0.4, 0.5) is 11.4 Å². The number of carbonyl (C=O) groups is 1. The van der Waals surface area contributed by atoms with Gasteiger partial charge in [-0.05, 0) is 48.5 Å². The number of hydrogen-bond donors (Lipinski definition) is 0. The zero-order valence-electron chi connectivity index (χ0n) is 17.8. The van der Waals surface area contributed by atoms with Crippen molar-refractivity contribution in [1.29, 1.82) is 0 Å². The van der Waals surface area contributed by atoms with Crippen LogP contribution in [-0.4, -0.2) is 66.1 Å². The van der Waals surface area contributed by atoms with Crippen molar-refractivity contribution in [3.8, 4) is 5.75 Å². The molecule has 2 heterocycles. The van der Waals surface area contributed by atoms with Crippen LogP contribution in [0.2, 0.25) is 0 Å². The van der Waals surface area contributed by atoms with Crippen LogP contribution in [0.5, 0.6) is 5.75 Å². The summed E-state index contributed by atoms with van der Waals surface area (Å²) in [7, 11) is -5.87. The number of anilines is 2. The highest BCUT2D eigenvalue weighted by Gasteiger charge is 2.42. The number of carbonyl (C=O) groups excluding carboxylic acids is 1. The zero-order valence-corrected chi connectivity index (χ0v) is 19.5. The van der Waals surface area contributed by atoms with Crippen LogP contribution in [0.1, 0.15) is 6.92 Å². The van der Waals surface area contributed by atoms with Gasteiger partial charge < -0.3 is 9.64 Å². The molecular weight excluding hydrogens is 454 g/mol. The normalized spacial score (nSPS) is 21.7. The van der Waals surface area contributed by atoms with Crippen LogP contribution >= 0.6 is 0 Å². The van der Waals surface area contributed by atoms with Gasteiger partial charge in [0, 0.05) is 31.9 Å². The minimum absolute atomic E-state index is 0.0660. The van der Waals surface area contributed by atoms with Crippen molar-refractivity contribution in [3.05, 3.63) is 48.5 Å². The molecule has 2 aromatic rings. The monoisotopic (exact) mass is 479 g/mol. The first-order valence-electron chi connectivity index (χ1n) is 10.2. The van der Waals surface area contributed by atoms with Gasteiger partial charge in [0.2, 0.25) is 26.0 Å². The number of ether oxygens (including phenoxy) is 1. The molecule has 2 saturated heterocycles. The Bertz CT molecular complexity index is 1200. The molecule has 4 rings (SSSR count). The second-order valence-corrected chi connectivity index (χ2v) is 11.7. The van der Waals surface area contributed by atoms with Gasteiger partial charge >= 0.3 is 0 Å². The van der Waals surface area contributed by atoms with Crippen molar-refractivity contribution < 1.29 is 26.4 Å². The molecule has 0 radical (unpaired) electrons. The number of piperazine rings is 1. The van der Waals surface area contributed by atoms with Gasteiger partial charge in [-0.15, -0.1) is 0 Å². The Labute approximate surface area is 188 Å². The van der Waals surface area contributed by atoms with Crippen LogP contribution < -0.4 is 13.9 Å². The number of nitrogens with zero attached hydrogens (tertiary/aromatic N) is 3. The van der Waals surface area contributed by atoms with E-state index in [1.807, 2.05) is 24.3 Å². The molecule has 11 heteroatoms. The number of sulfonamides is 2. The number of benzene rings is 2. The van der Waals surface area contributed by atoms with Crippen molar-refractivity contribution in [1.82, 2.24) is 4.31 Å². The molecule has 0 spiro atoms. The Morgan fingerprint density at radius 2 is 1.47 bits per heavy atom.